The van der Waals surface area contributed by atoms with Gasteiger partial charge in [0.05, 0.1) is 18.0 Å². The second-order valence-electron chi connectivity index (χ2n) is 6.36. The fraction of sp³-hybridized carbons (Fsp3) is 0.182. The van der Waals surface area contributed by atoms with Crippen molar-refractivity contribution in [3.63, 3.8) is 0 Å². The van der Waals surface area contributed by atoms with Crippen molar-refractivity contribution in [2.45, 2.75) is 19.8 Å². The van der Waals surface area contributed by atoms with Crippen molar-refractivity contribution in [1.29, 1.82) is 0 Å². The van der Waals surface area contributed by atoms with Gasteiger partial charge in [-0.1, -0.05) is 41.9 Å². The lowest BCUT2D eigenvalue weighted by Gasteiger charge is -2.08. The monoisotopic (exact) mass is 378 g/mol. The summed E-state index contributed by atoms with van der Waals surface area (Å²) in [7, 11) is 0. The number of nitrogens with zero attached hydrogens (tertiary/aromatic N) is 2. The largest absolute Gasteiger partial charge is 0.461 e. The molecule has 1 aromatic heterocycles. The van der Waals surface area contributed by atoms with Crippen LogP contribution in [0.3, 0.4) is 0 Å². The maximum Gasteiger partial charge on any atom is 0.359 e. The molecule has 1 aliphatic carbocycles. The number of aromatic nitrogens is 2. The van der Waals surface area contributed by atoms with E-state index in [1.54, 1.807) is 6.92 Å². The standard InChI is InChI=1S/C22H19ClN2O2/c1-2-27-22(26)20-19-13-8-16(14-15-6-4-3-5-7-15)21(19)25(24-20)18-11-9-17(23)10-12-18/h3-7,9-12,14H,2,8,13H2,1H3/b16-14-. The van der Waals surface area contributed by atoms with Gasteiger partial charge in [-0.05, 0) is 61.2 Å². The van der Waals surface area contributed by atoms with E-state index in [0.717, 1.165) is 40.9 Å². The summed E-state index contributed by atoms with van der Waals surface area (Å²) in [6.45, 7) is 2.13. The van der Waals surface area contributed by atoms with E-state index >= 15 is 0 Å². The van der Waals surface area contributed by atoms with E-state index < -0.39 is 0 Å². The van der Waals surface area contributed by atoms with Crippen molar-refractivity contribution in [3.8, 4) is 5.69 Å². The number of fused-ring (bicyclic) bond motifs is 1. The molecule has 0 N–H and O–H groups in total. The molecule has 0 saturated carbocycles. The van der Waals surface area contributed by atoms with E-state index in [-0.39, 0.29) is 5.97 Å². The second-order valence-corrected chi connectivity index (χ2v) is 6.80. The predicted octanol–water partition coefficient (Wildman–Crippen LogP) is 5.19. The van der Waals surface area contributed by atoms with Crippen LogP contribution in [0.1, 0.15) is 40.7 Å². The summed E-state index contributed by atoms with van der Waals surface area (Å²) in [4.78, 5) is 12.4. The molecule has 27 heavy (non-hydrogen) atoms. The number of ether oxygens (including phenoxy) is 1. The van der Waals surface area contributed by atoms with E-state index in [9.17, 15) is 4.79 Å². The minimum Gasteiger partial charge on any atom is -0.461 e. The first-order valence-electron chi connectivity index (χ1n) is 8.98. The molecule has 0 amide bonds. The number of halogens is 1. The third kappa shape index (κ3) is 3.40. The Morgan fingerprint density at radius 3 is 2.59 bits per heavy atom. The molecule has 1 heterocycles. The smallest absolute Gasteiger partial charge is 0.359 e. The van der Waals surface area contributed by atoms with Crippen molar-refractivity contribution in [2.24, 2.45) is 0 Å². The van der Waals surface area contributed by atoms with Crippen LogP contribution in [0.4, 0.5) is 0 Å². The zero-order valence-electron chi connectivity index (χ0n) is 15.0. The SMILES string of the molecule is CCOC(=O)c1nn(-c2ccc(Cl)cc2)c2c1CC/C2=C/c1ccccc1. The van der Waals surface area contributed by atoms with Crippen molar-refractivity contribution in [1.82, 2.24) is 9.78 Å². The summed E-state index contributed by atoms with van der Waals surface area (Å²) in [6, 6.07) is 17.6. The van der Waals surface area contributed by atoms with E-state index in [4.69, 9.17) is 16.3 Å². The van der Waals surface area contributed by atoms with E-state index in [1.165, 1.54) is 0 Å². The number of carbonyl (C=O) groups excluding carboxylic acids is 1. The molecule has 1 aliphatic rings. The average molecular weight is 379 g/mol. The summed E-state index contributed by atoms with van der Waals surface area (Å²) in [5.74, 6) is -0.373. The molecule has 2 aromatic carbocycles. The number of allylic oxidation sites excluding steroid dienone is 1. The van der Waals surface area contributed by atoms with Crippen LogP contribution < -0.4 is 0 Å². The number of rotatable bonds is 4. The third-order valence-electron chi connectivity index (χ3n) is 4.61. The number of carbonyl (C=O) groups is 1. The van der Waals surface area contributed by atoms with Gasteiger partial charge in [0.1, 0.15) is 0 Å². The fourth-order valence-electron chi connectivity index (χ4n) is 3.42. The van der Waals surface area contributed by atoms with E-state index in [1.807, 2.05) is 47.1 Å². The fourth-order valence-corrected chi connectivity index (χ4v) is 3.54. The van der Waals surface area contributed by atoms with Gasteiger partial charge >= 0.3 is 5.97 Å². The highest BCUT2D eigenvalue weighted by molar-refractivity contribution is 6.30. The van der Waals surface area contributed by atoms with Gasteiger partial charge in [0.25, 0.3) is 0 Å². The maximum absolute atomic E-state index is 12.4. The number of hydrogen-bond acceptors (Lipinski definition) is 3. The van der Waals surface area contributed by atoms with Crippen LogP contribution in [0.2, 0.25) is 5.02 Å². The van der Waals surface area contributed by atoms with Gasteiger partial charge in [-0.3, -0.25) is 0 Å². The molecule has 3 aromatic rings. The summed E-state index contributed by atoms with van der Waals surface area (Å²) in [5, 5.41) is 5.26. The van der Waals surface area contributed by atoms with Crippen LogP contribution >= 0.6 is 11.6 Å². The molecule has 0 saturated heterocycles. The Morgan fingerprint density at radius 2 is 1.89 bits per heavy atom. The topological polar surface area (TPSA) is 44.1 Å². The predicted molar refractivity (Wildman–Crippen MR) is 107 cm³/mol. The van der Waals surface area contributed by atoms with Crippen LogP contribution in [-0.2, 0) is 11.2 Å². The Bertz CT molecular complexity index is 1000. The summed E-state index contributed by atoms with van der Waals surface area (Å²) in [6.07, 6.45) is 3.80. The zero-order chi connectivity index (χ0) is 18.8. The Kier molecular flexibility index (Phi) is 4.82. The molecule has 4 nitrogen and oxygen atoms in total. The zero-order valence-corrected chi connectivity index (χ0v) is 15.7. The average Bonchev–Trinajstić information content (AvgIpc) is 3.25. The highest BCUT2D eigenvalue weighted by atomic mass is 35.5. The maximum atomic E-state index is 12.4. The Balaban J connectivity index is 1.86. The first-order valence-corrected chi connectivity index (χ1v) is 9.36. The quantitative estimate of drug-likeness (QED) is 0.587. The summed E-state index contributed by atoms with van der Waals surface area (Å²) < 4.78 is 7.05. The molecule has 0 atom stereocenters. The second kappa shape index (κ2) is 7.41. The van der Waals surface area contributed by atoms with Gasteiger partial charge in [0.15, 0.2) is 5.69 Å². The van der Waals surface area contributed by atoms with Crippen LogP contribution in [-0.4, -0.2) is 22.4 Å². The molecule has 0 bridgehead atoms. The summed E-state index contributed by atoms with van der Waals surface area (Å²) in [5.41, 5.74) is 5.48. The van der Waals surface area contributed by atoms with Crippen LogP contribution in [0.15, 0.2) is 54.6 Å². The van der Waals surface area contributed by atoms with Crippen molar-refractivity contribution >= 4 is 29.2 Å². The highest BCUT2D eigenvalue weighted by Gasteiger charge is 2.30. The normalized spacial score (nSPS) is 14.4. The van der Waals surface area contributed by atoms with Crippen molar-refractivity contribution in [3.05, 3.63) is 82.1 Å². The molecular formula is C22H19ClN2O2. The van der Waals surface area contributed by atoms with Gasteiger partial charge in [-0.25, -0.2) is 9.48 Å². The van der Waals surface area contributed by atoms with Gasteiger partial charge < -0.3 is 4.74 Å². The number of hydrogen-bond donors (Lipinski definition) is 0. The molecule has 5 heteroatoms. The number of benzene rings is 2. The minimum atomic E-state index is -0.373. The molecule has 0 radical (unpaired) electrons. The van der Waals surface area contributed by atoms with Crippen molar-refractivity contribution < 1.29 is 9.53 Å². The van der Waals surface area contributed by atoms with Gasteiger partial charge in [0.2, 0.25) is 0 Å². The minimum absolute atomic E-state index is 0.328. The summed E-state index contributed by atoms with van der Waals surface area (Å²) >= 11 is 6.03. The first-order chi connectivity index (χ1) is 13.2. The van der Waals surface area contributed by atoms with Crippen LogP contribution in [0.5, 0.6) is 0 Å². The Morgan fingerprint density at radius 1 is 1.15 bits per heavy atom. The first kappa shape index (κ1) is 17.6. The molecule has 0 unspecified atom stereocenters. The molecule has 4 rings (SSSR count). The Labute approximate surface area is 163 Å². The molecule has 0 aliphatic heterocycles. The number of esters is 1. The van der Waals surface area contributed by atoms with Gasteiger partial charge in [-0.2, -0.15) is 5.10 Å². The van der Waals surface area contributed by atoms with Crippen LogP contribution in [0.25, 0.3) is 17.3 Å². The van der Waals surface area contributed by atoms with E-state index in [0.29, 0.717) is 17.3 Å². The van der Waals surface area contributed by atoms with E-state index in [2.05, 4.69) is 23.3 Å². The molecule has 0 fully saturated rings. The Hall–Kier alpha value is -2.85. The lowest BCUT2D eigenvalue weighted by atomic mass is 10.1. The van der Waals surface area contributed by atoms with Gasteiger partial charge in [0, 0.05) is 10.6 Å². The lowest BCUT2D eigenvalue weighted by molar-refractivity contribution is 0.0517. The molecule has 0 spiro atoms. The third-order valence-corrected chi connectivity index (χ3v) is 4.86. The van der Waals surface area contributed by atoms with Crippen LogP contribution in [0, 0.1) is 0 Å². The van der Waals surface area contributed by atoms with Gasteiger partial charge in [-0.15, -0.1) is 0 Å². The van der Waals surface area contributed by atoms with Crippen molar-refractivity contribution in [2.75, 3.05) is 6.61 Å². The molecular weight excluding hydrogens is 360 g/mol. The molecule has 136 valence electrons. The lowest BCUT2D eigenvalue weighted by Crippen LogP contribution is -2.09. The highest BCUT2D eigenvalue weighted by Crippen LogP contribution is 2.37.